The molecule has 4 heteroatoms. The molecule has 0 N–H and O–H groups in total. The minimum atomic E-state index is 0.104. The molecule has 0 amide bonds. The lowest BCUT2D eigenvalue weighted by Gasteiger charge is -2.08. The second-order valence-electron chi connectivity index (χ2n) is 3.88. The number of aryl methyl sites for hydroxylation is 2. The summed E-state index contributed by atoms with van der Waals surface area (Å²) in [6.45, 7) is 9.45. The van der Waals surface area contributed by atoms with E-state index in [0.29, 0.717) is 0 Å². The molecule has 0 saturated heterocycles. The van der Waals surface area contributed by atoms with Crippen LogP contribution in [0.3, 0.4) is 0 Å². The topological polar surface area (TPSA) is 17.8 Å². The quantitative estimate of drug-likeness (QED) is 0.570. The van der Waals surface area contributed by atoms with Crippen LogP contribution in [-0.4, -0.2) is 21.3 Å². The maximum absolute atomic E-state index is 6.32. The van der Waals surface area contributed by atoms with Crippen molar-refractivity contribution in [2.45, 2.75) is 46.0 Å². The number of hydrogen-bond donors (Lipinski definition) is 0. The van der Waals surface area contributed by atoms with Gasteiger partial charge in [-0.15, -0.1) is 11.6 Å². The van der Waals surface area contributed by atoms with E-state index in [0.717, 1.165) is 24.4 Å². The van der Waals surface area contributed by atoms with Crippen molar-refractivity contribution < 1.29 is 0 Å². The van der Waals surface area contributed by atoms with E-state index in [1.165, 1.54) is 17.0 Å². The molecule has 0 aliphatic carbocycles. The van der Waals surface area contributed by atoms with Crippen LogP contribution in [0.25, 0.3) is 0 Å². The molecule has 1 aromatic rings. The number of aromatic nitrogens is 2. The molecule has 0 aliphatic rings. The molecule has 1 aromatic heterocycles. The molecule has 0 aliphatic heterocycles. The van der Waals surface area contributed by atoms with Crippen molar-refractivity contribution in [3.05, 3.63) is 17.0 Å². The SMILES string of the molecule is CCSCCn1nc(C)c(C(Cl)CC)c1C. The summed E-state index contributed by atoms with van der Waals surface area (Å²) in [6, 6.07) is 0. The number of thioether (sulfide) groups is 1. The molecule has 1 atom stereocenters. The van der Waals surface area contributed by atoms with Crippen molar-refractivity contribution in [3.8, 4) is 0 Å². The predicted octanol–water partition coefficient (Wildman–Crippen LogP) is 3.94. The Morgan fingerprint density at radius 1 is 1.38 bits per heavy atom. The molecule has 1 heterocycles. The Morgan fingerprint density at radius 2 is 2.06 bits per heavy atom. The zero-order valence-corrected chi connectivity index (χ0v) is 12.2. The lowest BCUT2D eigenvalue weighted by molar-refractivity contribution is 0.639. The van der Waals surface area contributed by atoms with Crippen molar-refractivity contribution in [2.75, 3.05) is 11.5 Å². The highest BCUT2D eigenvalue weighted by Crippen LogP contribution is 2.29. The molecule has 1 rings (SSSR count). The van der Waals surface area contributed by atoms with Crippen LogP contribution in [0.1, 0.15) is 42.6 Å². The molecule has 0 aromatic carbocycles. The zero-order valence-electron chi connectivity index (χ0n) is 10.6. The van der Waals surface area contributed by atoms with Gasteiger partial charge in [0.25, 0.3) is 0 Å². The highest BCUT2D eigenvalue weighted by atomic mass is 35.5. The molecule has 92 valence electrons. The summed E-state index contributed by atoms with van der Waals surface area (Å²) in [6.07, 6.45) is 0.957. The third kappa shape index (κ3) is 3.17. The highest BCUT2D eigenvalue weighted by Gasteiger charge is 2.17. The minimum Gasteiger partial charge on any atom is -0.268 e. The third-order valence-corrected chi connectivity index (χ3v) is 4.17. The second-order valence-corrected chi connectivity index (χ2v) is 5.80. The summed E-state index contributed by atoms with van der Waals surface area (Å²) in [5.41, 5.74) is 3.54. The van der Waals surface area contributed by atoms with E-state index in [2.05, 4.69) is 37.5 Å². The molecular weight excluding hydrogens is 240 g/mol. The van der Waals surface area contributed by atoms with Gasteiger partial charge in [-0.05, 0) is 26.0 Å². The highest BCUT2D eigenvalue weighted by molar-refractivity contribution is 7.99. The summed E-state index contributed by atoms with van der Waals surface area (Å²) in [7, 11) is 0. The van der Waals surface area contributed by atoms with Gasteiger partial charge in [-0.1, -0.05) is 13.8 Å². The standard InChI is InChI=1S/C12H21ClN2S/c1-5-11(13)12-9(3)14-15(10(12)4)7-8-16-6-2/h11H,5-8H2,1-4H3. The first-order valence-electron chi connectivity index (χ1n) is 5.87. The number of nitrogens with zero attached hydrogens (tertiary/aromatic N) is 2. The molecule has 16 heavy (non-hydrogen) atoms. The molecule has 0 fully saturated rings. The van der Waals surface area contributed by atoms with E-state index >= 15 is 0 Å². The van der Waals surface area contributed by atoms with Crippen molar-refractivity contribution in [1.82, 2.24) is 9.78 Å². The maximum Gasteiger partial charge on any atom is 0.0643 e. The van der Waals surface area contributed by atoms with Crippen LogP contribution < -0.4 is 0 Å². The van der Waals surface area contributed by atoms with Gasteiger partial charge in [-0.25, -0.2) is 0 Å². The van der Waals surface area contributed by atoms with Gasteiger partial charge in [0.15, 0.2) is 0 Å². The fourth-order valence-corrected chi connectivity index (χ4v) is 2.79. The van der Waals surface area contributed by atoms with Gasteiger partial charge in [0, 0.05) is 17.0 Å². The first-order chi connectivity index (χ1) is 7.61. The van der Waals surface area contributed by atoms with Crippen molar-refractivity contribution >= 4 is 23.4 Å². The van der Waals surface area contributed by atoms with E-state index in [4.69, 9.17) is 11.6 Å². The Bertz CT molecular complexity index is 336. The van der Waals surface area contributed by atoms with Gasteiger partial charge in [-0.3, -0.25) is 4.68 Å². The number of rotatable bonds is 6. The van der Waals surface area contributed by atoms with Gasteiger partial charge in [-0.2, -0.15) is 16.9 Å². The largest absolute Gasteiger partial charge is 0.268 e. The lowest BCUT2D eigenvalue weighted by atomic mass is 10.1. The minimum absolute atomic E-state index is 0.104. The molecule has 1 unspecified atom stereocenters. The van der Waals surface area contributed by atoms with Crippen LogP contribution in [0, 0.1) is 13.8 Å². The molecule has 0 bridgehead atoms. The third-order valence-electron chi connectivity index (χ3n) is 2.76. The summed E-state index contributed by atoms with van der Waals surface area (Å²) < 4.78 is 2.10. The van der Waals surface area contributed by atoms with Crippen LogP contribution in [0.4, 0.5) is 0 Å². The average Bonchev–Trinajstić information content (AvgIpc) is 2.54. The average molecular weight is 261 g/mol. The Morgan fingerprint density at radius 3 is 2.62 bits per heavy atom. The van der Waals surface area contributed by atoms with Gasteiger partial charge in [0.1, 0.15) is 0 Å². The fourth-order valence-electron chi connectivity index (χ4n) is 1.88. The molecule has 0 spiro atoms. The molecular formula is C12H21ClN2S. The van der Waals surface area contributed by atoms with Crippen LogP contribution in [0.15, 0.2) is 0 Å². The van der Waals surface area contributed by atoms with E-state index in [-0.39, 0.29) is 5.38 Å². The van der Waals surface area contributed by atoms with Gasteiger partial charge in [0.2, 0.25) is 0 Å². The zero-order chi connectivity index (χ0) is 12.1. The van der Waals surface area contributed by atoms with Gasteiger partial charge < -0.3 is 0 Å². The molecule has 0 saturated carbocycles. The van der Waals surface area contributed by atoms with Crippen LogP contribution >= 0.6 is 23.4 Å². The van der Waals surface area contributed by atoms with Gasteiger partial charge >= 0.3 is 0 Å². The smallest absolute Gasteiger partial charge is 0.0643 e. The lowest BCUT2D eigenvalue weighted by Crippen LogP contribution is -2.05. The Labute approximate surface area is 108 Å². The number of halogens is 1. The second kappa shape index (κ2) is 6.55. The van der Waals surface area contributed by atoms with Crippen LogP contribution in [0.5, 0.6) is 0 Å². The normalized spacial score (nSPS) is 13.1. The van der Waals surface area contributed by atoms with Crippen molar-refractivity contribution in [2.24, 2.45) is 0 Å². The van der Waals surface area contributed by atoms with Crippen LogP contribution in [0.2, 0.25) is 0 Å². The Kier molecular flexibility index (Phi) is 5.70. The van der Waals surface area contributed by atoms with E-state index < -0.39 is 0 Å². The van der Waals surface area contributed by atoms with E-state index in [9.17, 15) is 0 Å². The maximum atomic E-state index is 6.32. The summed E-state index contributed by atoms with van der Waals surface area (Å²) in [5.74, 6) is 2.29. The summed E-state index contributed by atoms with van der Waals surface area (Å²) in [4.78, 5) is 0. The monoisotopic (exact) mass is 260 g/mol. The van der Waals surface area contributed by atoms with Crippen LogP contribution in [-0.2, 0) is 6.54 Å². The van der Waals surface area contributed by atoms with Crippen molar-refractivity contribution in [3.63, 3.8) is 0 Å². The molecule has 2 nitrogen and oxygen atoms in total. The molecule has 0 radical (unpaired) electrons. The van der Waals surface area contributed by atoms with E-state index in [1.807, 2.05) is 11.8 Å². The summed E-state index contributed by atoms with van der Waals surface area (Å²) >= 11 is 8.26. The Hall–Kier alpha value is -0.150. The van der Waals surface area contributed by atoms with E-state index in [1.54, 1.807) is 0 Å². The first kappa shape index (κ1) is 13.9. The van der Waals surface area contributed by atoms with Gasteiger partial charge in [0.05, 0.1) is 17.6 Å². The summed E-state index contributed by atoms with van der Waals surface area (Å²) in [5, 5.41) is 4.67. The Balaban J connectivity index is 2.80. The number of hydrogen-bond acceptors (Lipinski definition) is 2. The number of alkyl halides is 1. The first-order valence-corrected chi connectivity index (χ1v) is 7.46. The predicted molar refractivity (Wildman–Crippen MR) is 73.6 cm³/mol. The fraction of sp³-hybridized carbons (Fsp3) is 0.750. The van der Waals surface area contributed by atoms with Crippen molar-refractivity contribution in [1.29, 1.82) is 0 Å².